The first kappa shape index (κ1) is 25.6. The highest BCUT2D eigenvalue weighted by molar-refractivity contribution is 6.39. The van der Waals surface area contributed by atoms with E-state index >= 15 is 0 Å². The van der Waals surface area contributed by atoms with Crippen LogP contribution in [0.2, 0.25) is 10.0 Å². The molecule has 184 valence electrons. The quantitative estimate of drug-likeness (QED) is 0.273. The van der Waals surface area contributed by atoms with Gasteiger partial charge < -0.3 is 5.73 Å². The number of alkyl halides is 3. The summed E-state index contributed by atoms with van der Waals surface area (Å²) in [5.74, 6) is 0.125. The fourth-order valence-electron chi connectivity index (χ4n) is 4.16. The molecular formula is C27H21Cl2F3N4. The van der Waals surface area contributed by atoms with Crippen LogP contribution in [-0.4, -0.2) is 9.78 Å². The molecule has 0 atom stereocenters. The van der Waals surface area contributed by atoms with Crippen LogP contribution < -0.4 is 5.73 Å². The van der Waals surface area contributed by atoms with Crippen LogP contribution in [0.25, 0.3) is 27.9 Å². The SMILES string of the molecule is CCCCc1ccccc1-c1c(C#N)nn(-c2ccc(C(F)(F)F)cc2-c2c(Cl)cccc2Cl)c1N. The molecule has 0 fully saturated rings. The third-order valence-electron chi connectivity index (χ3n) is 5.90. The van der Waals surface area contributed by atoms with Gasteiger partial charge in [0.1, 0.15) is 11.9 Å². The number of nitrogen functional groups attached to an aromatic ring is 1. The Hall–Kier alpha value is -3.47. The first-order chi connectivity index (χ1) is 17.2. The first-order valence-corrected chi connectivity index (χ1v) is 12.0. The van der Waals surface area contributed by atoms with Crippen molar-refractivity contribution in [3.8, 4) is 34.0 Å². The Bertz CT molecular complexity index is 1450. The normalized spacial score (nSPS) is 11.5. The maximum Gasteiger partial charge on any atom is 0.416 e. The van der Waals surface area contributed by atoms with Crippen LogP contribution >= 0.6 is 23.2 Å². The number of nitriles is 1. The zero-order valence-electron chi connectivity index (χ0n) is 19.2. The molecule has 0 aliphatic heterocycles. The van der Waals surface area contributed by atoms with Crippen molar-refractivity contribution in [3.63, 3.8) is 0 Å². The number of aromatic nitrogens is 2. The number of hydrogen-bond acceptors (Lipinski definition) is 3. The van der Waals surface area contributed by atoms with Crippen molar-refractivity contribution in [3.05, 3.63) is 87.5 Å². The molecule has 0 spiro atoms. The minimum atomic E-state index is -4.60. The van der Waals surface area contributed by atoms with Crippen molar-refractivity contribution >= 4 is 29.0 Å². The van der Waals surface area contributed by atoms with Crippen molar-refractivity contribution in [2.24, 2.45) is 0 Å². The van der Waals surface area contributed by atoms with Crippen molar-refractivity contribution in [1.82, 2.24) is 9.78 Å². The van der Waals surface area contributed by atoms with Gasteiger partial charge in [-0.1, -0.05) is 66.9 Å². The largest absolute Gasteiger partial charge is 0.416 e. The molecule has 0 aliphatic rings. The summed E-state index contributed by atoms with van der Waals surface area (Å²) in [6.07, 6.45) is -1.89. The topological polar surface area (TPSA) is 67.6 Å². The van der Waals surface area contributed by atoms with Crippen molar-refractivity contribution < 1.29 is 13.2 Å². The van der Waals surface area contributed by atoms with Gasteiger partial charge in [0.05, 0.1) is 16.8 Å². The summed E-state index contributed by atoms with van der Waals surface area (Å²) in [4.78, 5) is 0. The summed E-state index contributed by atoms with van der Waals surface area (Å²) < 4.78 is 42.2. The third kappa shape index (κ3) is 4.79. The molecule has 1 heterocycles. The lowest BCUT2D eigenvalue weighted by Crippen LogP contribution is -2.09. The monoisotopic (exact) mass is 528 g/mol. The molecule has 0 saturated carbocycles. The van der Waals surface area contributed by atoms with E-state index in [-0.39, 0.29) is 38.4 Å². The van der Waals surface area contributed by atoms with E-state index in [1.165, 1.54) is 22.9 Å². The second-order valence-corrected chi connectivity index (χ2v) is 9.03. The van der Waals surface area contributed by atoms with Crippen LogP contribution in [0.15, 0.2) is 60.7 Å². The molecule has 0 bridgehead atoms. The van der Waals surface area contributed by atoms with E-state index in [1.54, 1.807) is 6.07 Å². The van der Waals surface area contributed by atoms with E-state index in [0.717, 1.165) is 42.5 Å². The number of unbranched alkanes of at least 4 members (excludes halogenated alkanes) is 1. The molecule has 0 amide bonds. The van der Waals surface area contributed by atoms with Gasteiger partial charge in [0.25, 0.3) is 0 Å². The smallest absolute Gasteiger partial charge is 0.383 e. The van der Waals surface area contributed by atoms with Gasteiger partial charge in [-0.15, -0.1) is 0 Å². The molecule has 1 aromatic heterocycles. The number of nitrogens with zero attached hydrogens (tertiary/aromatic N) is 3. The van der Waals surface area contributed by atoms with E-state index in [1.807, 2.05) is 24.3 Å². The van der Waals surface area contributed by atoms with Gasteiger partial charge in [-0.3, -0.25) is 0 Å². The van der Waals surface area contributed by atoms with Gasteiger partial charge in [0.15, 0.2) is 5.69 Å². The summed E-state index contributed by atoms with van der Waals surface area (Å²) in [7, 11) is 0. The minimum Gasteiger partial charge on any atom is -0.383 e. The van der Waals surface area contributed by atoms with E-state index < -0.39 is 11.7 Å². The zero-order chi connectivity index (χ0) is 26.0. The van der Waals surface area contributed by atoms with Gasteiger partial charge >= 0.3 is 6.18 Å². The summed E-state index contributed by atoms with van der Waals surface area (Å²) >= 11 is 12.8. The lowest BCUT2D eigenvalue weighted by Gasteiger charge is -2.17. The highest BCUT2D eigenvalue weighted by Gasteiger charge is 2.32. The maximum absolute atomic E-state index is 13.6. The number of rotatable bonds is 6. The average molecular weight is 529 g/mol. The van der Waals surface area contributed by atoms with Crippen LogP contribution in [0.1, 0.15) is 36.6 Å². The zero-order valence-corrected chi connectivity index (χ0v) is 20.7. The molecule has 36 heavy (non-hydrogen) atoms. The van der Waals surface area contributed by atoms with E-state index in [2.05, 4.69) is 18.1 Å². The lowest BCUT2D eigenvalue weighted by molar-refractivity contribution is -0.137. The van der Waals surface area contributed by atoms with Gasteiger partial charge in [-0.25, -0.2) is 4.68 Å². The fraction of sp³-hybridized carbons (Fsp3) is 0.185. The molecule has 0 aliphatic carbocycles. The number of anilines is 1. The van der Waals surface area contributed by atoms with Crippen LogP contribution in [0, 0.1) is 11.3 Å². The Kier molecular flexibility index (Phi) is 7.30. The van der Waals surface area contributed by atoms with Gasteiger partial charge in [0.2, 0.25) is 0 Å². The minimum absolute atomic E-state index is 0.0625. The first-order valence-electron chi connectivity index (χ1n) is 11.2. The summed E-state index contributed by atoms with van der Waals surface area (Å²) in [5, 5.41) is 14.6. The van der Waals surface area contributed by atoms with Crippen LogP contribution in [0.5, 0.6) is 0 Å². The van der Waals surface area contributed by atoms with Crippen LogP contribution in [0.3, 0.4) is 0 Å². The Morgan fingerprint density at radius 2 is 1.67 bits per heavy atom. The molecule has 4 nitrogen and oxygen atoms in total. The molecule has 4 aromatic rings. The Balaban J connectivity index is 2.00. The second-order valence-electron chi connectivity index (χ2n) is 8.22. The molecule has 0 unspecified atom stereocenters. The van der Waals surface area contributed by atoms with E-state index in [4.69, 9.17) is 28.9 Å². The molecule has 2 N–H and O–H groups in total. The summed E-state index contributed by atoms with van der Waals surface area (Å²) in [5.41, 5.74) is 8.43. The Labute approximate surface area is 216 Å². The van der Waals surface area contributed by atoms with Crippen molar-refractivity contribution in [1.29, 1.82) is 5.26 Å². The third-order valence-corrected chi connectivity index (χ3v) is 6.53. The lowest BCUT2D eigenvalue weighted by atomic mass is 9.96. The number of aryl methyl sites for hydroxylation is 1. The van der Waals surface area contributed by atoms with E-state index in [0.29, 0.717) is 5.56 Å². The predicted molar refractivity (Wildman–Crippen MR) is 137 cm³/mol. The second kappa shape index (κ2) is 10.3. The Morgan fingerprint density at radius 1 is 0.972 bits per heavy atom. The number of halogens is 5. The number of nitrogens with two attached hydrogens (primary N) is 1. The average Bonchev–Trinajstić information content (AvgIpc) is 3.18. The fourth-order valence-corrected chi connectivity index (χ4v) is 4.76. The standard InChI is InChI=1S/C27H21Cl2F3N4/c1-2-3-7-16-8-4-5-9-18(16)25-22(15-33)35-36(26(25)34)23-13-12-17(27(30,31)32)14-19(23)24-20(28)10-6-11-21(24)29/h4-6,8-14H,2-3,7,34H2,1H3. The Morgan fingerprint density at radius 3 is 2.31 bits per heavy atom. The van der Waals surface area contributed by atoms with Crippen molar-refractivity contribution in [2.75, 3.05) is 5.73 Å². The maximum atomic E-state index is 13.6. The van der Waals surface area contributed by atoms with Crippen LogP contribution in [-0.2, 0) is 12.6 Å². The van der Waals surface area contributed by atoms with Gasteiger partial charge in [-0.2, -0.15) is 23.5 Å². The van der Waals surface area contributed by atoms with Crippen LogP contribution in [0.4, 0.5) is 19.0 Å². The molecule has 3 aromatic carbocycles. The molecule has 4 rings (SSSR count). The highest BCUT2D eigenvalue weighted by atomic mass is 35.5. The van der Waals surface area contributed by atoms with Gasteiger partial charge in [0, 0.05) is 21.2 Å². The summed E-state index contributed by atoms with van der Waals surface area (Å²) in [6.45, 7) is 2.09. The predicted octanol–water partition coefficient (Wildman–Crippen LogP) is 8.33. The van der Waals surface area contributed by atoms with Gasteiger partial charge in [-0.05, 0) is 54.3 Å². The number of benzene rings is 3. The number of hydrogen-bond donors (Lipinski definition) is 1. The molecular weight excluding hydrogens is 508 g/mol. The highest BCUT2D eigenvalue weighted by Crippen LogP contribution is 2.43. The summed E-state index contributed by atoms with van der Waals surface area (Å²) in [6, 6.07) is 17.5. The van der Waals surface area contributed by atoms with Crippen molar-refractivity contribution in [2.45, 2.75) is 32.4 Å². The van der Waals surface area contributed by atoms with E-state index in [9.17, 15) is 18.4 Å². The molecule has 0 saturated heterocycles. The molecule has 0 radical (unpaired) electrons. The molecule has 9 heteroatoms.